The smallest absolute Gasteiger partial charge is 0.240 e. The van der Waals surface area contributed by atoms with Gasteiger partial charge in [0.25, 0.3) is 0 Å². The molecule has 0 spiro atoms. The van der Waals surface area contributed by atoms with Gasteiger partial charge >= 0.3 is 0 Å². The second-order valence-corrected chi connectivity index (χ2v) is 7.49. The van der Waals surface area contributed by atoms with Crippen LogP contribution in [0, 0.1) is 0 Å². The highest BCUT2D eigenvalue weighted by molar-refractivity contribution is 7.89. The minimum Gasteiger partial charge on any atom is -0.506 e. The molecule has 0 atom stereocenters. The lowest BCUT2D eigenvalue weighted by atomic mass is 10.0. The first-order valence-corrected chi connectivity index (χ1v) is 8.89. The fourth-order valence-electron chi connectivity index (χ4n) is 2.05. The zero-order valence-corrected chi connectivity index (χ0v) is 12.7. The van der Waals surface area contributed by atoms with Crippen molar-refractivity contribution in [3.63, 3.8) is 0 Å². The number of sulfonamides is 2. The normalized spacial score (nSPS) is 12.3. The van der Waals surface area contributed by atoms with Gasteiger partial charge in [-0.2, -0.15) is 0 Å². The second-order valence-electron chi connectivity index (χ2n) is 4.46. The summed E-state index contributed by atoms with van der Waals surface area (Å²) < 4.78 is 46.8. The lowest BCUT2D eigenvalue weighted by Crippen LogP contribution is -2.17. The first-order chi connectivity index (χ1) is 10.0. The van der Waals surface area contributed by atoms with Gasteiger partial charge in [0.15, 0.2) is 0 Å². The van der Waals surface area contributed by atoms with Gasteiger partial charge in [0.1, 0.15) is 10.6 Å². The molecule has 2 aromatic carbocycles. The predicted molar refractivity (Wildman–Crippen MR) is 80.7 cm³/mol. The van der Waals surface area contributed by atoms with Gasteiger partial charge in [-0.3, -0.25) is 0 Å². The molecular weight excluding hydrogens is 330 g/mol. The third-order valence-electron chi connectivity index (χ3n) is 2.94. The Morgan fingerprint density at radius 2 is 1.41 bits per heavy atom. The number of hydrogen-bond donors (Lipinski definition) is 4. The molecule has 0 aliphatic rings. The van der Waals surface area contributed by atoms with Crippen LogP contribution in [0.3, 0.4) is 0 Å². The summed E-state index contributed by atoms with van der Waals surface area (Å²) in [6.45, 7) is 0. The van der Waals surface area contributed by atoms with Gasteiger partial charge < -0.3 is 10.8 Å². The molecule has 10 heteroatoms. The maximum atomic E-state index is 11.8. The average Bonchev–Trinajstić information content (AvgIpc) is 2.39. The average molecular weight is 343 g/mol. The molecule has 0 unspecified atom stereocenters. The molecule has 0 bridgehead atoms. The Balaban J connectivity index is 2.96. The molecule has 0 fully saturated rings. The molecule has 0 aliphatic heterocycles. The van der Waals surface area contributed by atoms with Crippen LogP contribution >= 0.6 is 0 Å². The van der Waals surface area contributed by atoms with E-state index in [2.05, 4.69) is 0 Å². The van der Waals surface area contributed by atoms with Crippen molar-refractivity contribution in [2.45, 2.75) is 9.79 Å². The third kappa shape index (κ3) is 2.90. The number of aromatic hydroxyl groups is 1. The number of rotatable bonds is 3. The Hall–Kier alpha value is -2.14. The summed E-state index contributed by atoms with van der Waals surface area (Å²) in [7, 11) is -8.42. The van der Waals surface area contributed by atoms with Gasteiger partial charge in [-0.15, -0.1) is 0 Å². The molecule has 8 nitrogen and oxygen atoms in total. The Morgan fingerprint density at radius 1 is 0.818 bits per heavy atom. The quantitative estimate of drug-likeness (QED) is 0.449. The molecular formula is C12H13N3O5S2. The van der Waals surface area contributed by atoms with Gasteiger partial charge in [-0.05, 0) is 18.2 Å². The molecule has 0 saturated heterocycles. The number of nitrogen functional groups attached to an aromatic ring is 1. The fraction of sp³-hybridized carbons (Fsp3) is 0. The molecule has 2 aromatic rings. The van der Waals surface area contributed by atoms with Crippen molar-refractivity contribution < 1.29 is 21.9 Å². The number of benzene rings is 2. The molecule has 0 radical (unpaired) electrons. The van der Waals surface area contributed by atoms with E-state index in [1.54, 1.807) is 0 Å². The lowest BCUT2D eigenvalue weighted by molar-refractivity contribution is 0.476. The minimum absolute atomic E-state index is 0.0146. The summed E-state index contributed by atoms with van der Waals surface area (Å²) in [5.74, 6) is -0.485. The van der Waals surface area contributed by atoms with E-state index in [0.717, 1.165) is 6.07 Å². The van der Waals surface area contributed by atoms with Crippen LogP contribution in [0.2, 0.25) is 0 Å². The van der Waals surface area contributed by atoms with Crippen molar-refractivity contribution in [2.24, 2.45) is 10.3 Å². The highest BCUT2D eigenvalue weighted by Gasteiger charge is 2.24. The van der Waals surface area contributed by atoms with E-state index in [-0.39, 0.29) is 16.0 Å². The Kier molecular flexibility index (Phi) is 3.87. The number of nitrogens with two attached hydrogens (primary N) is 3. The van der Waals surface area contributed by atoms with E-state index in [4.69, 9.17) is 16.0 Å². The Morgan fingerprint density at radius 3 is 1.95 bits per heavy atom. The molecule has 0 aliphatic carbocycles. The minimum atomic E-state index is -4.32. The Bertz CT molecular complexity index is 953. The van der Waals surface area contributed by atoms with Crippen LogP contribution in [0.15, 0.2) is 46.2 Å². The van der Waals surface area contributed by atoms with Crippen LogP contribution < -0.4 is 16.0 Å². The van der Waals surface area contributed by atoms with E-state index < -0.39 is 36.4 Å². The van der Waals surface area contributed by atoms with E-state index >= 15 is 0 Å². The van der Waals surface area contributed by atoms with Crippen LogP contribution in [0.1, 0.15) is 0 Å². The molecule has 7 N–H and O–H groups in total. The number of phenols is 1. The van der Waals surface area contributed by atoms with Crippen LogP contribution in [0.25, 0.3) is 11.1 Å². The highest BCUT2D eigenvalue weighted by Crippen LogP contribution is 2.38. The monoisotopic (exact) mass is 343 g/mol. The van der Waals surface area contributed by atoms with Crippen LogP contribution in [-0.4, -0.2) is 21.9 Å². The lowest BCUT2D eigenvalue weighted by Gasteiger charge is -2.14. The number of hydrogen-bond acceptors (Lipinski definition) is 6. The van der Waals surface area contributed by atoms with E-state index in [9.17, 15) is 21.9 Å². The fourth-order valence-corrected chi connectivity index (χ4v) is 3.69. The largest absolute Gasteiger partial charge is 0.506 e. The Labute approximate surface area is 127 Å². The second kappa shape index (κ2) is 5.25. The van der Waals surface area contributed by atoms with Gasteiger partial charge in [-0.25, -0.2) is 27.1 Å². The first-order valence-electron chi connectivity index (χ1n) is 5.80. The van der Waals surface area contributed by atoms with Crippen molar-refractivity contribution in [1.82, 2.24) is 0 Å². The van der Waals surface area contributed by atoms with E-state index in [0.29, 0.717) is 0 Å². The van der Waals surface area contributed by atoms with Crippen LogP contribution in [-0.2, 0) is 20.0 Å². The molecule has 0 aromatic heterocycles. The maximum Gasteiger partial charge on any atom is 0.240 e. The summed E-state index contributed by atoms with van der Waals surface area (Å²) >= 11 is 0. The molecule has 22 heavy (non-hydrogen) atoms. The number of anilines is 1. The molecule has 0 saturated carbocycles. The molecule has 0 amide bonds. The topological polar surface area (TPSA) is 167 Å². The van der Waals surface area contributed by atoms with Crippen molar-refractivity contribution in [2.75, 3.05) is 5.73 Å². The SMILES string of the molecule is Nc1c(O)ccc(-c2ccccc2S(N)(=O)=O)c1S(N)(=O)=O. The summed E-state index contributed by atoms with van der Waals surface area (Å²) in [4.78, 5) is -0.853. The van der Waals surface area contributed by atoms with E-state index in [1.807, 2.05) is 0 Å². The summed E-state index contributed by atoms with van der Waals surface area (Å²) in [5, 5.41) is 19.8. The van der Waals surface area contributed by atoms with Crippen LogP contribution in [0.4, 0.5) is 5.69 Å². The summed E-state index contributed by atoms with van der Waals surface area (Å²) in [6.07, 6.45) is 0. The summed E-state index contributed by atoms with van der Waals surface area (Å²) in [5.41, 5.74) is 5.06. The predicted octanol–water partition coefficient (Wildman–Crippen LogP) is -0.0638. The van der Waals surface area contributed by atoms with Gasteiger partial charge in [-0.1, -0.05) is 18.2 Å². The van der Waals surface area contributed by atoms with Crippen molar-refractivity contribution in [1.29, 1.82) is 0 Å². The van der Waals surface area contributed by atoms with Gasteiger partial charge in [0, 0.05) is 11.1 Å². The zero-order valence-electron chi connectivity index (χ0n) is 11.1. The highest BCUT2D eigenvalue weighted by atomic mass is 32.2. The molecule has 118 valence electrons. The molecule has 2 rings (SSSR count). The van der Waals surface area contributed by atoms with Crippen LogP contribution in [0.5, 0.6) is 5.75 Å². The number of phenolic OH excluding ortho intramolecular Hbond substituents is 1. The van der Waals surface area contributed by atoms with E-state index in [1.165, 1.54) is 30.3 Å². The van der Waals surface area contributed by atoms with Crippen molar-refractivity contribution in [3.05, 3.63) is 36.4 Å². The molecule has 0 heterocycles. The first kappa shape index (κ1) is 16.2. The van der Waals surface area contributed by atoms with Gasteiger partial charge in [0.05, 0.1) is 10.6 Å². The van der Waals surface area contributed by atoms with Crippen molar-refractivity contribution >= 4 is 25.7 Å². The maximum absolute atomic E-state index is 11.8. The van der Waals surface area contributed by atoms with Gasteiger partial charge in [0.2, 0.25) is 20.0 Å². The standard InChI is InChI=1S/C12H13N3O5S2/c13-11-9(16)6-5-8(12(11)22(15,19)20)7-3-1-2-4-10(7)21(14,17)18/h1-6,16H,13H2,(H2,14,17,18)(H2,15,19,20). The van der Waals surface area contributed by atoms with Crippen molar-refractivity contribution in [3.8, 4) is 16.9 Å². The third-order valence-corrected chi connectivity index (χ3v) is 4.92. The summed E-state index contributed by atoms with van der Waals surface area (Å²) in [6, 6.07) is 7.86. The number of primary sulfonamides is 2. The zero-order chi connectivity index (χ0) is 16.7.